The monoisotopic (exact) mass is 230 g/mol. The fourth-order valence-corrected chi connectivity index (χ4v) is 1.29. The van der Waals surface area contributed by atoms with Gasteiger partial charge in [-0.1, -0.05) is 11.6 Å². The molecule has 0 aliphatic heterocycles. The molecule has 5 heteroatoms. The van der Waals surface area contributed by atoms with Crippen molar-refractivity contribution in [3.05, 3.63) is 22.7 Å². The highest BCUT2D eigenvalue weighted by Crippen LogP contribution is 2.35. The number of aromatic hydroxyl groups is 1. The van der Waals surface area contributed by atoms with Crippen LogP contribution in [0.3, 0.4) is 0 Å². The maximum Gasteiger partial charge on any atom is 0.338 e. The lowest BCUT2D eigenvalue weighted by molar-refractivity contribution is 0.0600. The summed E-state index contributed by atoms with van der Waals surface area (Å²) < 4.78 is 9.64. The van der Waals surface area contributed by atoms with Crippen LogP contribution in [0.4, 0.5) is 0 Å². The number of rotatable bonds is 3. The molecule has 0 spiro atoms. The summed E-state index contributed by atoms with van der Waals surface area (Å²) >= 11 is 5.72. The molecule has 0 bridgehead atoms. The topological polar surface area (TPSA) is 55.8 Å². The zero-order valence-electron chi connectivity index (χ0n) is 8.41. The van der Waals surface area contributed by atoms with Crippen molar-refractivity contribution in [1.82, 2.24) is 0 Å². The highest BCUT2D eigenvalue weighted by Gasteiger charge is 2.14. The highest BCUT2D eigenvalue weighted by atomic mass is 35.5. The van der Waals surface area contributed by atoms with Gasteiger partial charge >= 0.3 is 5.97 Å². The second-order valence-corrected chi connectivity index (χ2v) is 3.14. The van der Waals surface area contributed by atoms with Gasteiger partial charge in [-0.05, 0) is 19.1 Å². The van der Waals surface area contributed by atoms with Crippen LogP contribution in [0.25, 0.3) is 0 Å². The molecule has 0 aliphatic rings. The van der Waals surface area contributed by atoms with Gasteiger partial charge in [0.1, 0.15) is 0 Å². The van der Waals surface area contributed by atoms with E-state index in [0.717, 1.165) is 0 Å². The lowest BCUT2D eigenvalue weighted by Crippen LogP contribution is -2.02. The first-order valence-corrected chi connectivity index (χ1v) is 4.71. The molecule has 1 aromatic carbocycles. The van der Waals surface area contributed by atoms with Crippen LogP contribution < -0.4 is 4.74 Å². The number of carbonyl (C=O) groups excluding carboxylic acids is 1. The number of phenols is 1. The fraction of sp³-hybridized carbons (Fsp3) is 0.300. The second-order valence-electron chi connectivity index (χ2n) is 2.73. The van der Waals surface area contributed by atoms with Crippen molar-refractivity contribution in [2.45, 2.75) is 6.92 Å². The third-order valence-corrected chi connectivity index (χ3v) is 2.04. The predicted octanol–water partition coefficient (Wildman–Crippen LogP) is 2.23. The van der Waals surface area contributed by atoms with Gasteiger partial charge in [0.05, 0.1) is 24.3 Å². The van der Waals surface area contributed by atoms with E-state index in [1.165, 1.54) is 19.2 Å². The van der Waals surface area contributed by atoms with E-state index in [1.54, 1.807) is 6.92 Å². The first-order chi connectivity index (χ1) is 7.10. The molecule has 1 rings (SSSR count). The van der Waals surface area contributed by atoms with Gasteiger partial charge in [0.15, 0.2) is 11.5 Å². The maximum absolute atomic E-state index is 11.2. The fourth-order valence-electron chi connectivity index (χ4n) is 1.08. The van der Waals surface area contributed by atoms with Crippen LogP contribution in [0.2, 0.25) is 5.02 Å². The van der Waals surface area contributed by atoms with Gasteiger partial charge in [0, 0.05) is 0 Å². The Morgan fingerprint density at radius 1 is 1.53 bits per heavy atom. The maximum atomic E-state index is 11.2. The molecule has 0 unspecified atom stereocenters. The summed E-state index contributed by atoms with van der Waals surface area (Å²) in [7, 11) is 1.27. The van der Waals surface area contributed by atoms with Gasteiger partial charge in [-0.3, -0.25) is 0 Å². The summed E-state index contributed by atoms with van der Waals surface area (Å²) in [5.41, 5.74) is 0.240. The summed E-state index contributed by atoms with van der Waals surface area (Å²) in [6.07, 6.45) is 0. The molecule has 0 saturated heterocycles. The van der Waals surface area contributed by atoms with Gasteiger partial charge < -0.3 is 14.6 Å². The molecule has 0 saturated carbocycles. The van der Waals surface area contributed by atoms with Crippen LogP contribution in [0, 0.1) is 0 Å². The van der Waals surface area contributed by atoms with Gasteiger partial charge in [-0.2, -0.15) is 0 Å². The van der Waals surface area contributed by atoms with Gasteiger partial charge in [0.2, 0.25) is 0 Å². The molecule has 0 fully saturated rings. The number of halogens is 1. The van der Waals surface area contributed by atoms with E-state index >= 15 is 0 Å². The Morgan fingerprint density at radius 2 is 2.20 bits per heavy atom. The average Bonchev–Trinajstić information content (AvgIpc) is 2.23. The van der Waals surface area contributed by atoms with E-state index in [-0.39, 0.29) is 22.1 Å². The van der Waals surface area contributed by atoms with E-state index in [1.807, 2.05) is 0 Å². The van der Waals surface area contributed by atoms with Crippen LogP contribution >= 0.6 is 11.6 Å². The summed E-state index contributed by atoms with van der Waals surface area (Å²) in [4.78, 5) is 11.2. The SMILES string of the molecule is CCOc1cc(C(=O)OC)cc(Cl)c1O. The Labute approximate surface area is 92.4 Å². The predicted molar refractivity (Wildman–Crippen MR) is 55.6 cm³/mol. The molecule has 0 amide bonds. The Morgan fingerprint density at radius 3 is 2.73 bits per heavy atom. The Kier molecular flexibility index (Phi) is 3.80. The number of ether oxygens (including phenoxy) is 2. The van der Waals surface area contributed by atoms with Crippen molar-refractivity contribution in [2.75, 3.05) is 13.7 Å². The molecular weight excluding hydrogens is 220 g/mol. The van der Waals surface area contributed by atoms with Gasteiger partial charge in [-0.15, -0.1) is 0 Å². The number of hydrogen-bond acceptors (Lipinski definition) is 4. The van der Waals surface area contributed by atoms with Crippen molar-refractivity contribution in [3.63, 3.8) is 0 Å². The van der Waals surface area contributed by atoms with Crippen molar-refractivity contribution in [3.8, 4) is 11.5 Å². The summed E-state index contributed by atoms with van der Waals surface area (Å²) in [6, 6.07) is 2.71. The van der Waals surface area contributed by atoms with E-state index in [2.05, 4.69) is 4.74 Å². The zero-order chi connectivity index (χ0) is 11.4. The number of methoxy groups -OCH3 is 1. The van der Waals surface area contributed by atoms with Crippen molar-refractivity contribution in [2.24, 2.45) is 0 Å². The Hall–Kier alpha value is -1.42. The van der Waals surface area contributed by atoms with Crippen molar-refractivity contribution >= 4 is 17.6 Å². The molecule has 0 radical (unpaired) electrons. The zero-order valence-corrected chi connectivity index (χ0v) is 9.17. The largest absolute Gasteiger partial charge is 0.503 e. The minimum atomic E-state index is -0.530. The van der Waals surface area contributed by atoms with E-state index < -0.39 is 5.97 Å². The average molecular weight is 231 g/mol. The van der Waals surface area contributed by atoms with Crippen LogP contribution in [0.15, 0.2) is 12.1 Å². The lowest BCUT2D eigenvalue weighted by atomic mass is 10.2. The standard InChI is InChI=1S/C10H11ClO4/c1-3-15-8-5-6(10(13)14-2)4-7(11)9(8)12/h4-5,12H,3H2,1-2H3. The molecule has 4 nitrogen and oxygen atoms in total. The molecular formula is C10H11ClO4. The van der Waals surface area contributed by atoms with Crippen LogP contribution in [0.1, 0.15) is 17.3 Å². The molecule has 0 aliphatic carbocycles. The quantitative estimate of drug-likeness (QED) is 0.809. The molecule has 15 heavy (non-hydrogen) atoms. The minimum Gasteiger partial charge on any atom is -0.503 e. The summed E-state index contributed by atoms with van der Waals surface area (Å²) in [6.45, 7) is 2.13. The Bertz CT molecular complexity index is 376. The molecule has 1 aromatic rings. The second kappa shape index (κ2) is 4.89. The third-order valence-electron chi connectivity index (χ3n) is 1.75. The van der Waals surface area contributed by atoms with Crippen LogP contribution in [-0.4, -0.2) is 24.8 Å². The van der Waals surface area contributed by atoms with Crippen molar-refractivity contribution < 1.29 is 19.4 Å². The molecule has 0 atom stereocenters. The van der Waals surface area contributed by atoms with Gasteiger partial charge in [-0.25, -0.2) is 4.79 Å². The summed E-state index contributed by atoms with van der Waals surface area (Å²) in [5.74, 6) is -0.533. The number of esters is 1. The lowest BCUT2D eigenvalue weighted by Gasteiger charge is -2.08. The highest BCUT2D eigenvalue weighted by molar-refractivity contribution is 6.32. The minimum absolute atomic E-state index is 0.0568. The van der Waals surface area contributed by atoms with E-state index in [4.69, 9.17) is 16.3 Å². The number of benzene rings is 1. The number of phenolic OH excluding ortho intramolecular Hbond substituents is 1. The molecule has 0 heterocycles. The first-order valence-electron chi connectivity index (χ1n) is 4.33. The van der Waals surface area contributed by atoms with E-state index in [0.29, 0.717) is 6.61 Å². The molecule has 0 aromatic heterocycles. The number of carbonyl (C=O) groups is 1. The smallest absolute Gasteiger partial charge is 0.338 e. The number of hydrogen-bond donors (Lipinski definition) is 1. The summed E-state index contributed by atoms with van der Waals surface area (Å²) in [5, 5.41) is 9.56. The van der Waals surface area contributed by atoms with Crippen molar-refractivity contribution in [1.29, 1.82) is 0 Å². The third kappa shape index (κ3) is 2.53. The van der Waals surface area contributed by atoms with E-state index in [9.17, 15) is 9.90 Å². The molecule has 1 N–H and O–H groups in total. The van der Waals surface area contributed by atoms with Crippen LogP contribution in [-0.2, 0) is 4.74 Å². The van der Waals surface area contributed by atoms with Crippen LogP contribution in [0.5, 0.6) is 11.5 Å². The first kappa shape index (κ1) is 11.7. The normalized spacial score (nSPS) is 9.80. The Balaban J connectivity index is 3.16. The van der Waals surface area contributed by atoms with Gasteiger partial charge in [0.25, 0.3) is 0 Å². The molecule has 82 valence electrons.